The molecule has 0 bridgehead atoms. The summed E-state index contributed by atoms with van der Waals surface area (Å²) in [5.41, 5.74) is 4.30. The number of aromatic nitrogens is 1. The van der Waals surface area contributed by atoms with Crippen LogP contribution in [0.25, 0.3) is 16.3 Å². The number of nitrogens with zero attached hydrogens (tertiary/aromatic N) is 1. The number of methoxy groups -OCH3 is 2. The maximum absolute atomic E-state index is 12.4. The molecule has 0 spiro atoms. The number of nitrogens with one attached hydrogen (secondary N) is 1. The molecule has 1 heterocycles. The van der Waals surface area contributed by atoms with Crippen LogP contribution in [-0.2, 0) is 11.2 Å². The van der Waals surface area contributed by atoms with Gasteiger partial charge in [-0.15, -0.1) is 0 Å². The molecule has 5 heteroatoms. The lowest BCUT2D eigenvalue weighted by Gasteiger charge is -2.10. The number of fused-ring (bicyclic) bond motifs is 1. The number of hydrogen-bond donors (Lipinski definition) is 1. The standard InChI is InChI=1S/C32H32N2O3/c1-36-28-17-13-24(14-18-28)30(25-15-19-29(37-2)20-16-25)11-7-12-32(35)34-21-6-5-9-27-23-33-22-26-8-3-4-10-31(26)27/h3-4,7-8,10-20,22-23H,5-6,9,21H2,1-2H3,(H,34,35)/b12-7+. The first-order valence-corrected chi connectivity index (χ1v) is 12.4. The highest BCUT2D eigenvalue weighted by Crippen LogP contribution is 2.27. The van der Waals surface area contributed by atoms with Crippen LogP contribution in [0.15, 0.2) is 103 Å². The average Bonchev–Trinajstić information content (AvgIpc) is 2.95. The summed E-state index contributed by atoms with van der Waals surface area (Å²) in [5, 5.41) is 5.40. The molecule has 1 amide bonds. The van der Waals surface area contributed by atoms with Crippen molar-refractivity contribution in [3.05, 3.63) is 120 Å². The van der Waals surface area contributed by atoms with Gasteiger partial charge in [-0.25, -0.2) is 0 Å². The molecular formula is C32H32N2O3. The Morgan fingerprint density at radius 1 is 0.838 bits per heavy atom. The summed E-state index contributed by atoms with van der Waals surface area (Å²) in [6.07, 6.45) is 12.0. The molecule has 5 nitrogen and oxygen atoms in total. The van der Waals surface area contributed by atoms with E-state index in [4.69, 9.17) is 9.47 Å². The number of unbranched alkanes of at least 4 members (excludes halogenated alkanes) is 1. The van der Waals surface area contributed by atoms with Crippen molar-refractivity contribution in [2.24, 2.45) is 0 Å². The van der Waals surface area contributed by atoms with Gasteiger partial charge in [-0.05, 0) is 71.2 Å². The van der Waals surface area contributed by atoms with E-state index in [0.717, 1.165) is 52.8 Å². The summed E-state index contributed by atoms with van der Waals surface area (Å²) in [4.78, 5) is 16.8. The fraction of sp³-hybridized carbons (Fsp3) is 0.188. The molecule has 1 N–H and O–H groups in total. The zero-order valence-corrected chi connectivity index (χ0v) is 21.3. The number of carbonyl (C=O) groups excluding carboxylic acids is 1. The van der Waals surface area contributed by atoms with Crippen molar-refractivity contribution >= 4 is 22.3 Å². The van der Waals surface area contributed by atoms with Crippen molar-refractivity contribution in [2.45, 2.75) is 19.3 Å². The minimum absolute atomic E-state index is 0.105. The number of benzene rings is 3. The zero-order valence-electron chi connectivity index (χ0n) is 21.3. The van der Waals surface area contributed by atoms with Gasteiger partial charge in [0.1, 0.15) is 11.5 Å². The third-order valence-corrected chi connectivity index (χ3v) is 6.24. The van der Waals surface area contributed by atoms with Crippen molar-refractivity contribution in [1.29, 1.82) is 0 Å². The highest BCUT2D eigenvalue weighted by atomic mass is 16.5. The van der Waals surface area contributed by atoms with Crippen molar-refractivity contribution in [3.8, 4) is 11.5 Å². The van der Waals surface area contributed by atoms with Gasteiger partial charge >= 0.3 is 0 Å². The number of pyridine rings is 1. The Kier molecular flexibility index (Phi) is 9.08. The Morgan fingerprint density at radius 2 is 1.49 bits per heavy atom. The van der Waals surface area contributed by atoms with Gasteiger partial charge in [-0.2, -0.15) is 0 Å². The smallest absolute Gasteiger partial charge is 0.243 e. The molecule has 3 aromatic carbocycles. The summed E-state index contributed by atoms with van der Waals surface area (Å²) in [6, 6.07) is 24.1. The fourth-order valence-electron chi connectivity index (χ4n) is 4.22. The molecule has 0 radical (unpaired) electrons. The van der Waals surface area contributed by atoms with Crippen LogP contribution in [0.4, 0.5) is 0 Å². The second-order valence-electron chi connectivity index (χ2n) is 8.66. The van der Waals surface area contributed by atoms with Gasteiger partial charge in [0.2, 0.25) is 5.91 Å². The molecule has 0 saturated heterocycles. The third kappa shape index (κ3) is 7.07. The monoisotopic (exact) mass is 492 g/mol. The summed E-state index contributed by atoms with van der Waals surface area (Å²) < 4.78 is 10.6. The lowest BCUT2D eigenvalue weighted by atomic mass is 9.97. The lowest BCUT2D eigenvalue weighted by Crippen LogP contribution is -2.22. The molecule has 0 aliphatic carbocycles. The van der Waals surface area contributed by atoms with E-state index in [2.05, 4.69) is 28.5 Å². The largest absolute Gasteiger partial charge is 0.497 e. The van der Waals surface area contributed by atoms with Crippen LogP contribution in [0, 0.1) is 0 Å². The second-order valence-corrected chi connectivity index (χ2v) is 8.66. The molecule has 0 aliphatic rings. The van der Waals surface area contributed by atoms with Gasteiger partial charge in [0.25, 0.3) is 0 Å². The van der Waals surface area contributed by atoms with Crippen LogP contribution in [0.3, 0.4) is 0 Å². The van der Waals surface area contributed by atoms with Crippen LogP contribution in [0.1, 0.15) is 29.5 Å². The van der Waals surface area contributed by atoms with E-state index in [1.807, 2.05) is 73.1 Å². The van der Waals surface area contributed by atoms with E-state index >= 15 is 0 Å². The molecule has 4 rings (SSSR count). The van der Waals surface area contributed by atoms with E-state index in [1.54, 1.807) is 26.4 Å². The van der Waals surface area contributed by atoms with E-state index in [-0.39, 0.29) is 5.91 Å². The van der Waals surface area contributed by atoms with Gasteiger partial charge in [0.05, 0.1) is 14.2 Å². The first-order chi connectivity index (χ1) is 18.2. The summed E-state index contributed by atoms with van der Waals surface area (Å²) in [5.74, 6) is 1.49. The summed E-state index contributed by atoms with van der Waals surface area (Å²) in [6.45, 7) is 0.634. The third-order valence-electron chi connectivity index (χ3n) is 6.24. The highest BCUT2D eigenvalue weighted by molar-refractivity contribution is 5.89. The Balaban J connectivity index is 1.34. The minimum atomic E-state index is -0.105. The minimum Gasteiger partial charge on any atom is -0.497 e. The first kappa shape index (κ1) is 25.7. The van der Waals surface area contributed by atoms with Crippen LogP contribution in [0.2, 0.25) is 0 Å². The number of hydrogen-bond acceptors (Lipinski definition) is 4. The van der Waals surface area contributed by atoms with Crippen molar-refractivity contribution in [1.82, 2.24) is 10.3 Å². The first-order valence-electron chi connectivity index (χ1n) is 12.4. The Morgan fingerprint density at radius 3 is 2.14 bits per heavy atom. The molecule has 0 saturated carbocycles. The zero-order chi connectivity index (χ0) is 25.9. The highest BCUT2D eigenvalue weighted by Gasteiger charge is 2.06. The topological polar surface area (TPSA) is 60.5 Å². The van der Waals surface area contributed by atoms with Crippen LogP contribution in [-0.4, -0.2) is 31.7 Å². The number of rotatable bonds is 11. The Hall–Kier alpha value is -4.38. The summed E-state index contributed by atoms with van der Waals surface area (Å²) in [7, 11) is 3.30. The quantitative estimate of drug-likeness (QED) is 0.150. The predicted octanol–water partition coefficient (Wildman–Crippen LogP) is 6.38. The number of allylic oxidation sites excluding steroid dienone is 2. The molecule has 4 aromatic rings. The van der Waals surface area contributed by atoms with Gasteiger partial charge in [-0.1, -0.05) is 60.7 Å². The maximum Gasteiger partial charge on any atom is 0.243 e. The van der Waals surface area contributed by atoms with Crippen LogP contribution >= 0.6 is 0 Å². The second kappa shape index (κ2) is 13.1. The maximum atomic E-state index is 12.4. The van der Waals surface area contributed by atoms with Crippen molar-refractivity contribution < 1.29 is 14.3 Å². The van der Waals surface area contributed by atoms with Gasteiger partial charge in [0.15, 0.2) is 0 Å². The number of carbonyl (C=O) groups is 1. The Bertz CT molecular complexity index is 1320. The molecule has 188 valence electrons. The van der Waals surface area contributed by atoms with E-state index in [9.17, 15) is 4.79 Å². The van der Waals surface area contributed by atoms with E-state index in [0.29, 0.717) is 6.54 Å². The molecule has 0 atom stereocenters. The van der Waals surface area contributed by atoms with Gasteiger partial charge in [0, 0.05) is 30.4 Å². The van der Waals surface area contributed by atoms with E-state index < -0.39 is 0 Å². The number of ether oxygens (including phenoxy) is 2. The fourth-order valence-corrected chi connectivity index (χ4v) is 4.22. The normalized spacial score (nSPS) is 10.9. The molecule has 1 aromatic heterocycles. The molecule has 37 heavy (non-hydrogen) atoms. The summed E-state index contributed by atoms with van der Waals surface area (Å²) >= 11 is 0. The van der Waals surface area contributed by atoms with E-state index in [1.165, 1.54) is 10.9 Å². The molecule has 0 fully saturated rings. The van der Waals surface area contributed by atoms with Crippen LogP contribution < -0.4 is 14.8 Å². The van der Waals surface area contributed by atoms with Gasteiger partial charge < -0.3 is 14.8 Å². The SMILES string of the molecule is COc1ccc(C(=C/C=C/C(=O)NCCCCc2cncc3ccccc23)c2ccc(OC)cc2)cc1. The number of aryl methyl sites for hydroxylation is 1. The van der Waals surface area contributed by atoms with Gasteiger partial charge in [-0.3, -0.25) is 9.78 Å². The molecule has 0 unspecified atom stereocenters. The van der Waals surface area contributed by atoms with Crippen LogP contribution in [0.5, 0.6) is 11.5 Å². The predicted molar refractivity (Wildman–Crippen MR) is 150 cm³/mol. The Labute approximate surface area is 218 Å². The molecule has 0 aliphatic heterocycles. The molecular weight excluding hydrogens is 460 g/mol. The average molecular weight is 493 g/mol. The van der Waals surface area contributed by atoms with Crippen molar-refractivity contribution in [2.75, 3.05) is 20.8 Å². The number of amides is 1. The van der Waals surface area contributed by atoms with Crippen molar-refractivity contribution in [3.63, 3.8) is 0 Å². The lowest BCUT2D eigenvalue weighted by molar-refractivity contribution is -0.116.